The van der Waals surface area contributed by atoms with Crippen LogP contribution in [0.2, 0.25) is 0 Å². The van der Waals surface area contributed by atoms with E-state index in [1.807, 2.05) is 17.8 Å². The Bertz CT molecular complexity index is 407. The Balaban J connectivity index is 1.97. The van der Waals surface area contributed by atoms with Crippen LogP contribution in [0.4, 0.5) is 4.39 Å². The molecule has 1 saturated carbocycles. The van der Waals surface area contributed by atoms with Crippen molar-refractivity contribution in [1.82, 2.24) is 5.32 Å². The topological polar surface area (TPSA) is 21.3 Å². The zero-order chi connectivity index (χ0) is 14.2. The molecular weight excluding hydrogens is 273 g/mol. The lowest BCUT2D eigenvalue weighted by Crippen LogP contribution is -2.20. The molecule has 1 aliphatic rings. The van der Waals surface area contributed by atoms with Crippen molar-refractivity contribution in [3.05, 3.63) is 29.6 Å². The minimum Gasteiger partial charge on any atom is -0.383 e. The van der Waals surface area contributed by atoms with Gasteiger partial charge in [-0.05, 0) is 25.0 Å². The molecular formula is C16H24FNOS. The fourth-order valence-corrected chi connectivity index (χ4v) is 3.97. The zero-order valence-corrected chi connectivity index (χ0v) is 13.0. The minimum atomic E-state index is -0.101. The van der Waals surface area contributed by atoms with E-state index < -0.39 is 0 Å². The van der Waals surface area contributed by atoms with Crippen molar-refractivity contribution in [1.29, 1.82) is 0 Å². The van der Waals surface area contributed by atoms with Crippen molar-refractivity contribution in [2.75, 3.05) is 20.3 Å². The average Bonchev–Trinajstić information content (AvgIpc) is 2.47. The molecule has 20 heavy (non-hydrogen) atoms. The molecule has 4 heteroatoms. The smallest absolute Gasteiger partial charge is 0.128 e. The van der Waals surface area contributed by atoms with Crippen molar-refractivity contribution in [3.63, 3.8) is 0 Å². The highest BCUT2D eigenvalue weighted by atomic mass is 32.2. The van der Waals surface area contributed by atoms with E-state index in [4.69, 9.17) is 4.74 Å². The molecule has 2 rings (SSSR count). The van der Waals surface area contributed by atoms with E-state index in [0.29, 0.717) is 18.4 Å². The third-order valence-corrected chi connectivity index (χ3v) is 5.15. The summed E-state index contributed by atoms with van der Waals surface area (Å²) >= 11 is 1.86. The summed E-state index contributed by atoms with van der Waals surface area (Å²) in [6.07, 6.45) is 6.50. The summed E-state index contributed by atoms with van der Waals surface area (Å²) in [4.78, 5) is 1.10. The van der Waals surface area contributed by atoms with Crippen LogP contribution in [-0.2, 0) is 11.3 Å². The monoisotopic (exact) mass is 297 g/mol. The Labute approximate surface area is 125 Å². The number of halogens is 1. The van der Waals surface area contributed by atoms with Gasteiger partial charge >= 0.3 is 0 Å². The van der Waals surface area contributed by atoms with Gasteiger partial charge in [-0.25, -0.2) is 4.39 Å². The molecule has 0 unspecified atom stereocenters. The van der Waals surface area contributed by atoms with Crippen molar-refractivity contribution in [3.8, 4) is 0 Å². The van der Waals surface area contributed by atoms with Crippen molar-refractivity contribution >= 4 is 11.8 Å². The quantitative estimate of drug-likeness (QED) is 0.769. The lowest BCUT2D eigenvalue weighted by Gasteiger charge is -2.22. The number of rotatable bonds is 7. The number of hydrogen-bond acceptors (Lipinski definition) is 3. The number of hydrogen-bond donors (Lipinski definition) is 1. The molecule has 1 fully saturated rings. The van der Waals surface area contributed by atoms with Gasteiger partial charge in [-0.3, -0.25) is 0 Å². The fraction of sp³-hybridized carbons (Fsp3) is 0.625. The molecule has 1 aromatic carbocycles. The summed E-state index contributed by atoms with van der Waals surface area (Å²) in [6.45, 7) is 1.98. The summed E-state index contributed by atoms with van der Waals surface area (Å²) < 4.78 is 19.0. The minimum absolute atomic E-state index is 0.101. The number of thioether (sulfide) groups is 1. The predicted molar refractivity (Wildman–Crippen MR) is 82.7 cm³/mol. The van der Waals surface area contributed by atoms with Crippen LogP contribution in [0.3, 0.4) is 0 Å². The Morgan fingerprint density at radius 2 is 2.10 bits per heavy atom. The first-order valence-corrected chi connectivity index (χ1v) is 8.33. The molecule has 0 saturated heterocycles. The molecule has 1 aromatic rings. The van der Waals surface area contributed by atoms with Gasteiger partial charge in [-0.15, -0.1) is 11.8 Å². The molecule has 0 radical (unpaired) electrons. The summed E-state index contributed by atoms with van der Waals surface area (Å²) in [5.41, 5.74) is 0.805. The lowest BCUT2D eigenvalue weighted by atomic mass is 10.0. The SMILES string of the molecule is COCCNCc1c(F)cccc1SC1CCCCC1. The first-order valence-electron chi connectivity index (χ1n) is 7.45. The first kappa shape index (κ1) is 15.8. The van der Waals surface area contributed by atoms with Crippen LogP contribution < -0.4 is 5.32 Å². The van der Waals surface area contributed by atoms with Gasteiger partial charge < -0.3 is 10.1 Å². The zero-order valence-electron chi connectivity index (χ0n) is 12.2. The molecule has 0 bridgehead atoms. The van der Waals surface area contributed by atoms with Gasteiger partial charge in [-0.1, -0.05) is 25.3 Å². The lowest BCUT2D eigenvalue weighted by molar-refractivity contribution is 0.199. The van der Waals surface area contributed by atoms with E-state index in [1.165, 1.54) is 32.1 Å². The molecule has 0 aromatic heterocycles. The second-order valence-electron chi connectivity index (χ2n) is 5.26. The summed E-state index contributed by atoms with van der Waals surface area (Å²) in [6, 6.07) is 5.42. The van der Waals surface area contributed by atoms with Crippen LogP contribution in [0.5, 0.6) is 0 Å². The standard InChI is InChI=1S/C16H24FNOS/c1-19-11-10-18-12-14-15(17)8-5-9-16(14)20-13-6-3-2-4-7-13/h5,8-9,13,18H,2-4,6-7,10-12H2,1H3. The molecule has 1 N–H and O–H groups in total. The molecule has 0 heterocycles. The van der Waals surface area contributed by atoms with Gasteiger partial charge in [0.15, 0.2) is 0 Å². The van der Waals surface area contributed by atoms with Crippen LogP contribution >= 0.6 is 11.8 Å². The molecule has 0 aliphatic heterocycles. The van der Waals surface area contributed by atoms with Gasteiger partial charge in [0.05, 0.1) is 6.61 Å². The second kappa shape index (κ2) is 8.65. The Kier molecular flexibility index (Phi) is 6.83. The molecule has 1 aliphatic carbocycles. The summed E-state index contributed by atoms with van der Waals surface area (Å²) in [5, 5.41) is 3.90. The Morgan fingerprint density at radius 1 is 1.30 bits per heavy atom. The van der Waals surface area contributed by atoms with Crippen molar-refractivity contribution in [2.45, 2.75) is 48.8 Å². The van der Waals surface area contributed by atoms with E-state index >= 15 is 0 Å². The van der Waals surface area contributed by atoms with Crippen LogP contribution in [0, 0.1) is 5.82 Å². The molecule has 112 valence electrons. The predicted octanol–water partition coefficient (Wildman–Crippen LogP) is 3.99. The number of methoxy groups -OCH3 is 1. The van der Waals surface area contributed by atoms with E-state index in [2.05, 4.69) is 11.4 Å². The average molecular weight is 297 g/mol. The van der Waals surface area contributed by atoms with Gasteiger partial charge in [-0.2, -0.15) is 0 Å². The molecule has 2 nitrogen and oxygen atoms in total. The number of benzene rings is 1. The van der Waals surface area contributed by atoms with Gasteiger partial charge in [0.2, 0.25) is 0 Å². The van der Waals surface area contributed by atoms with E-state index in [1.54, 1.807) is 13.2 Å². The van der Waals surface area contributed by atoms with E-state index in [-0.39, 0.29) is 5.82 Å². The largest absolute Gasteiger partial charge is 0.383 e. The highest BCUT2D eigenvalue weighted by Gasteiger charge is 2.17. The number of nitrogens with one attached hydrogen (secondary N) is 1. The highest BCUT2D eigenvalue weighted by molar-refractivity contribution is 8.00. The normalized spacial score (nSPS) is 16.5. The van der Waals surface area contributed by atoms with Crippen LogP contribution in [0.1, 0.15) is 37.7 Å². The van der Waals surface area contributed by atoms with E-state index in [9.17, 15) is 4.39 Å². The van der Waals surface area contributed by atoms with E-state index in [0.717, 1.165) is 17.0 Å². The van der Waals surface area contributed by atoms with Crippen LogP contribution in [0.15, 0.2) is 23.1 Å². The first-order chi connectivity index (χ1) is 9.81. The van der Waals surface area contributed by atoms with Crippen molar-refractivity contribution in [2.24, 2.45) is 0 Å². The van der Waals surface area contributed by atoms with Gasteiger partial charge in [0.25, 0.3) is 0 Å². The Morgan fingerprint density at radius 3 is 2.85 bits per heavy atom. The van der Waals surface area contributed by atoms with Crippen molar-refractivity contribution < 1.29 is 9.13 Å². The second-order valence-corrected chi connectivity index (χ2v) is 6.61. The molecule has 0 atom stereocenters. The summed E-state index contributed by atoms with van der Waals surface area (Å²) in [7, 11) is 1.68. The maximum absolute atomic E-state index is 14.0. The van der Waals surface area contributed by atoms with Gasteiger partial charge in [0.1, 0.15) is 5.82 Å². The third kappa shape index (κ3) is 4.76. The number of ether oxygens (including phenoxy) is 1. The van der Waals surface area contributed by atoms with Gasteiger partial charge in [0, 0.05) is 35.9 Å². The molecule has 0 spiro atoms. The fourth-order valence-electron chi connectivity index (χ4n) is 2.57. The maximum atomic E-state index is 14.0. The summed E-state index contributed by atoms with van der Waals surface area (Å²) in [5.74, 6) is -0.101. The maximum Gasteiger partial charge on any atom is 0.128 e. The molecule has 0 amide bonds. The Hall–Kier alpha value is -0.580. The van der Waals surface area contributed by atoms with Crippen LogP contribution in [0.25, 0.3) is 0 Å². The van der Waals surface area contributed by atoms with Crippen LogP contribution in [-0.4, -0.2) is 25.5 Å². The third-order valence-electron chi connectivity index (χ3n) is 3.71. The highest BCUT2D eigenvalue weighted by Crippen LogP contribution is 2.35.